The molecule has 1 aliphatic heterocycles. The van der Waals surface area contributed by atoms with E-state index in [1.54, 1.807) is 6.92 Å². The molecule has 1 aromatic carbocycles. The van der Waals surface area contributed by atoms with Gasteiger partial charge in [-0.3, -0.25) is 4.79 Å². The fraction of sp³-hybridized carbons (Fsp3) is 0.500. The SMILES string of the molecule is CCN1c2c(CC(C)=O)cccc2CC1C. The van der Waals surface area contributed by atoms with Crippen LogP contribution in [0.2, 0.25) is 0 Å². The van der Waals surface area contributed by atoms with Crippen molar-refractivity contribution < 1.29 is 4.79 Å². The number of Topliss-reactive ketones (excluding diaryl/α,β-unsaturated/α-hetero) is 1. The molecule has 2 rings (SSSR count). The largest absolute Gasteiger partial charge is 0.368 e. The van der Waals surface area contributed by atoms with Crippen LogP contribution in [0.15, 0.2) is 18.2 Å². The molecule has 86 valence electrons. The highest BCUT2D eigenvalue weighted by molar-refractivity contribution is 5.81. The van der Waals surface area contributed by atoms with Crippen LogP contribution in [-0.2, 0) is 17.6 Å². The molecule has 0 N–H and O–H groups in total. The zero-order valence-corrected chi connectivity index (χ0v) is 10.3. The molecule has 0 amide bonds. The minimum absolute atomic E-state index is 0.240. The Kier molecular flexibility index (Phi) is 2.99. The Morgan fingerprint density at radius 1 is 1.50 bits per heavy atom. The third-order valence-electron chi connectivity index (χ3n) is 3.32. The number of nitrogens with zero attached hydrogens (tertiary/aromatic N) is 1. The molecular weight excluding hydrogens is 198 g/mol. The van der Waals surface area contributed by atoms with Crippen LogP contribution in [0.4, 0.5) is 5.69 Å². The van der Waals surface area contributed by atoms with E-state index in [-0.39, 0.29) is 5.78 Å². The average Bonchev–Trinajstić information content (AvgIpc) is 2.53. The molecule has 0 aromatic heterocycles. The van der Waals surface area contributed by atoms with Crippen LogP contribution in [0.25, 0.3) is 0 Å². The molecule has 0 fully saturated rings. The fourth-order valence-electron chi connectivity index (χ4n) is 2.71. The number of hydrogen-bond acceptors (Lipinski definition) is 2. The first-order chi connectivity index (χ1) is 7.63. The van der Waals surface area contributed by atoms with Gasteiger partial charge in [-0.2, -0.15) is 0 Å². The number of ketones is 1. The number of para-hydroxylation sites is 1. The standard InChI is InChI=1S/C14H19NO/c1-4-15-10(2)8-12-6-5-7-13(14(12)15)9-11(3)16/h5-7,10H,4,8-9H2,1-3H3. The lowest BCUT2D eigenvalue weighted by Gasteiger charge is -2.24. The lowest BCUT2D eigenvalue weighted by atomic mass is 10.0. The van der Waals surface area contributed by atoms with Gasteiger partial charge in [0.05, 0.1) is 0 Å². The van der Waals surface area contributed by atoms with Crippen molar-refractivity contribution in [1.82, 2.24) is 0 Å². The maximum absolute atomic E-state index is 11.3. The first-order valence-electron chi connectivity index (χ1n) is 6.00. The number of benzene rings is 1. The van der Waals surface area contributed by atoms with Crippen molar-refractivity contribution in [2.45, 2.75) is 39.7 Å². The van der Waals surface area contributed by atoms with Crippen LogP contribution in [0, 0.1) is 0 Å². The molecule has 1 heterocycles. The summed E-state index contributed by atoms with van der Waals surface area (Å²) < 4.78 is 0. The average molecular weight is 217 g/mol. The van der Waals surface area contributed by atoms with Crippen LogP contribution in [-0.4, -0.2) is 18.4 Å². The molecule has 1 aliphatic rings. The van der Waals surface area contributed by atoms with Crippen LogP contribution in [0.3, 0.4) is 0 Å². The van der Waals surface area contributed by atoms with E-state index in [9.17, 15) is 4.79 Å². The summed E-state index contributed by atoms with van der Waals surface area (Å²) in [4.78, 5) is 13.7. The second kappa shape index (κ2) is 4.28. The van der Waals surface area contributed by atoms with Gasteiger partial charge in [-0.1, -0.05) is 18.2 Å². The number of rotatable bonds is 3. The highest BCUT2D eigenvalue weighted by Crippen LogP contribution is 2.35. The lowest BCUT2D eigenvalue weighted by Crippen LogP contribution is -2.29. The van der Waals surface area contributed by atoms with Crippen molar-refractivity contribution in [3.63, 3.8) is 0 Å². The first kappa shape index (κ1) is 11.2. The van der Waals surface area contributed by atoms with E-state index >= 15 is 0 Å². The topological polar surface area (TPSA) is 20.3 Å². The van der Waals surface area contributed by atoms with Gasteiger partial charge in [0.15, 0.2) is 0 Å². The first-order valence-corrected chi connectivity index (χ1v) is 6.00. The smallest absolute Gasteiger partial charge is 0.134 e. The van der Waals surface area contributed by atoms with E-state index in [4.69, 9.17) is 0 Å². The van der Waals surface area contributed by atoms with E-state index in [0.29, 0.717) is 12.5 Å². The zero-order valence-electron chi connectivity index (χ0n) is 10.3. The Morgan fingerprint density at radius 2 is 2.25 bits per heavy atom. The lowest BCUT2D eigenvalue weighted by molar-refractivity contribution is -0.116. The van der Waals surface area contributed by atoms with Gasteiger partial charge >= 0.3 is 0 Å². The fourth-order valence-corrected chi connectivity index (χ4v) is 2.71. The predicted octanol–water partition coefficient (Wildman–Crippen LogP) is 2.59. The van der Waals surface area contributed by atoms with Gasteiger partial charge in [0.2, 0.25) is 0 Å². The number of hydrogen-bond donors (Lipinski definition) is 0. The minimum atomic E-state index is 0.240. The molecule has 1 unspecified atom stereocenters. The molecule has 16 heavy (non-hydrogen) atoms. The van der Waals surface area contributed by atoms with Gasteiger partial charge < -0.3 is 4.90 Å². The van der Waals surface area contributed by atoms with Crippen LogP contribution >= 0.6 is 0 Å². The summed E-state index contributed by atoms with van der Waals surface area (Å²) in [6, 6.07) is 6.91. The summed E-state index contributed by atoms with van der Waals surface area (Å²) in [6.45, 7) is 7.11. The Bertz CT molecular complexity index is 411. The summed E-state index contributed by atoms with van der Waals surface area (Å²) in [7, 11) is 0. The molecule has 0 bridgehead atoms. The maximum Gasteiger partial charge on any atom is 0.134 e. The summed E-state index contributed by atoms with van der Waals surface area (Å²) in [6.07, 6.45) is 1.67. The molecule has 2 nitrogen and oxygen atoms in total. The van der Waals surface area contributed by atoms with Gasteiger partial charge in [-0.05, 0) is 38.3 Å². The molecular formula is C14H19NO. The van der Waals surface area contributed by atoms with Crippen LogP contribution in [0.1, 0.15) is 31.9 Å². The second-order valence-corrected chi connectivity index (χ2v) is 4.64. The zero-order chi connectivity index (χ0) is 11.7. The number of anilines is 1. The molecule has 1 atom stereocenters. The van der Waals surface area contributed by atoms with Gasteiger partial charge in [0.25, 0.3) is 0 Å². The molecule has 2 heteroatoms. The highest BCUT2D eigenvalue weighted by Gasteiger charge is 2.26. The number of fused-ring (bicyclic) bond motifs is 1. The summed E-state index contributed by atoms with van der Waals surface area (Å²) >= 11 is 0. The van der Waals surface area contributed by atoms with Crippen molar-refractivity contribution in [1.29, 1.82) is 0 Å². The van der Waals surface area contributed by atoms with Gasteiger partial charge in [-0.15, -0.1) is 0 Å². The van der Waals surface area contributed by atoms with E-state index in [0.717, 1.165) is 13.0 Å². The number of carbonyl (C=O) groups is 1. The molecule has 0 saturated heterocycles. The maximum atomic E-state index is 11.3. The molecule has 1 aromatic rings. The van der Waals surface area contributed by atoms with Crippen LogP contribution in [0.5, 0.6) is 0 Å². The number of likely N-dealkylation sites (N-methyl/N-ethyl adjacent to an activating group) is 1. The second-order valence-electron chi connectivity index (χ2n) is 4.64. The van der Waals surface area contributed by atoms with E-state index in [1.165, 1.54) is 16.8 Å². The third-order valence-corrected chi connectivity index (χ3v) is 3.32. The Hall–Kier alpha value is -1.31. The van der Waals surface area contributed by atoms with E-state index in [2.05, 4.69) is 36.9 Å². The Morgan fingerprint density at radius 3 is 2.88 bits per heavy atom. The summed E-state index contributed by atoms with van der Waals surface area (Å²) in [5.74, 6) is 0.240. The third kappa shape index (κ3) is 1.84. The molecule has 0 radical (unpaired) electrons. The number of carbonyl (C=O) groups excluding carboxylic acids is 1. The van der Waals surface area contributed by atoms with Crippen molar-refractivity contribution in [3.8, 4) is 0 Å². The predicted molar refractivity (Wildman–Crippen MR) is 67.0 cm³/mol. The van der Waals surface area contributed by atoms with Crippen molar-refractivity contribution in [2.24, 2.45) is 0 Å². The quantitative estimate of drug-likeness (QED) is 0.775. The Labute approximate surface area is 97.3 Å². The highest BCUT2D eigenvalue weighted by atomic mass is 16.1. The van der Waals surface area contributed by atoms with Crippen molar-refractivity contribution in [3.05, 3.63) is 29.3 Å². The van der Waals surface area contributed by atoms with Gasteiger partial charge in [0, 0.05) is 24.7 Å². The Balaban J connectivity index is 2.43. The summed E-state index contributed by atoms with van der Waals surface area (Å²) in [5, 5.41) is 0. The van der Waals surface area contributed by atoms with E-state index < -0.39 is 0 Å². The van der Waals surface area contributed by atoms with Crippen molar-refractivity contribution in [2.75, 3.05) is 11.4 Å². The van der Waals surface area contributed by atoms with E-state index in [1.807, 2.05) is 0 Å². The van der Waals surface area contributed by atoms with Gasteiger partial charge in [0.1, 0.15) is 5.78 Å². The minimum Gasteiger partial charge on any atom is -0.368 e. The monoisotopic (exact) mass is 217 g/mol. The molecule has 0 saturated carbocycles. The van der Waals surface area contributed by atoms with Gasteiger partial charge in [-0.25, -0.2) is 0 Å². The van der Waals surface area contributed by atoms with Crippen LogP contribution < -0.4 is 4.90 Å². The molecule has 0 spiro atoms. The summed E-state index contributed by atoms with van der Waals surface area (Å²) in [5.41, 5.74) is 3.90. The normalized spacial score (nSPS) is 18.7. The molecule has 0 aliphatic carbocycles. The van der Waals surface area contributed by atoms with Crippen molar-refractivity contribution >= 4 is 11.5 Å².